The van der Waals surface area contributed by atoms with Crippen LogP contribution in [0.25, 0.3) is 0 Å². The highest BCUT2D eigenvalue weighted by molar-refractivity contribution is 6.09. The van der Waals surface area contributed by atoms with E-state index in [4.69, 9.17) is 0 Å². The van der Waals surface area contributed by atoms with E-state index in [9.17, 15) is 4.79 Å². The van der Waals surface area contributed by atoms with E-state index in [0.29, 0.717) is 17.6 Å². The van der Waals surface area contributed by atoms with Gasteiger partial charge in [-0.25, -0.2) is 0 Å². The lowest BCUT2D eigenvalue weighted by molar-refractivity contribution is -0.113. The number of hydrogen-bond donors (Lipinski definition) is 0. The molecule has 0 unspecified atom stereocenters. The lowest BCUT2D eigenvalue weighted by Gasteiger charge is -2.37. The Hall–Kier alpha value is -1.25. The number of carbonyl (C=O) groups excluding carboxylic acids is 1. The van der Waals surface area contributed by atoms with Gasteiger partial charge in [-0.3, -0.25) is 4.79 Å². The molecule has 0 bridgehead atoms. The largest absolute Gasteiger partial charge is 0.374 e. The quantitative estimate of drug-likeness (QED) is 0.344. The van der Waals surface area contributed by atoms with Crippen molar-refractivity contribution in [3.63, 3.8) is 0 Å². The molecule has 2 aliphatic rings. The third-order valence-corrected chi connectivity index (χ3v) is 6.64. The highest BCUT2D eigenvalue weighted by Crippen LogP contribution is 2.34. The van der Waals surface area contributed by atoms with Crippen LogP contribution in [0.1, 0.15) is 106 Å². The van der Waals surface area contributed by atoms with Crippen molar-refractivity contribution in [2.75, 3.05) is 26.2 Å². The van der Waals surface area contributed by atoms with Gasteiger partial charge in [0, 0.05) is 48.7 Å². The minimum absolute atomic E-state index is 0.394. The van der Waals surface area contributed by atoms with Crippen LogP contribution in [0.15, 0.2) is 22.5 Å². The summed E-state index contributed by atoms with van der Waals surface area (Å²) in [4.78, 5) is 19.0. The molecule has 2 heterocycles. The zero-order valence-corrected chi connectivity index (χ0v) is 20.9. The van der Waals surface area contributed by atoms with Crippen LogP contribution in [0.5, 0.6) is 0 Å². The van der Waals surface area contributed by atoms with Gasteiger partial charge in [0.2, 0.25) is 0 Å². The van der Waals surface area contributed by atoms with Crippen LogP contribution in [-0.2, 0) is 4.79 Å². The Morgan fingerprint density at radius 3 is 1.50 bits per heavy atom. The van der Waals surface area contributed by atoms with Crippen molar-refractivity contribution in [1.82, 2.24) is 9.80 Å². The first kappa shape index (κ1) is 25.0. The molecule has 0 aromatic rings. The van der Waals surface area contributed by atoms with Gasteiger partial charge in [-0.1, -0.05) is 54.4 Å². The molecule has 172 valence electrons. The van der Waals surface area contributed by atoms with E-state index in [1.807, 2.05) is 0 Å². The molecule has 0 radical (unpaired) electrons. The average Bonchev–Trinajstić information content (AvgIpc) is 2.71. The molecule has 30 heavy (non-hydrogen) atoms. The smallest absolute Gasteiger partial charge is 0.188 e. The zero-order valence-electron chi connectivity index (χ0n) is 20.9. The van der Waals surface area contributed by atoms with E-state index in [0.717, 1.165) is 88.7 Å². The topological polar surface area (TPSA) is 23.6 Å². The SMILES string of the molecule is CCCC1=C(C(=O)C2=C(CCC)N(CCC(C)C)CCC2)CCCN1CCC(C)C. The van der Waals surface area contributed by atoms with Crippen LogP contribution >= 0.6 is 0 Å². The van der Waals surface area contributed by atoms with E-state index in [2.05, 4.69) is 51.3 Å². The van der Waals surface area contributed by atoms with Crippen molar-refractivity contribution in [1.29, 1.82) is 0 Å². The van der Waals surface area contributed by atoms with E-state index in [1.165, 1.54) is 24.2 Å². The fraction of sp³-hybridized carbons (Fsp3) is 0.815. The number of nitrogens with zero attached hydrogens (tertiary/aromatic N) is 2. The summed E-state index contributed by atoms with van der Waals surface area (Å²) in [5.41, 5.74) is 5.05. The summed E-state index contributed by atoms with van der Waals surface area (Å²) in [5.74, 6) is 1.81. The summed E-state index contributed by atoms with van der Waals surface area (Å²) >= 11 is 0. The second-order valence-corrected chi connectivity index (χ2v) is 10.2. The summed E-state index contributed by atoms with van der Waals surface area (Å²) in [5, 5.41) is 0. The molecule has 0 amide bonds. The summed E-state index contributed by atoms with van der Waals surface area (Å²) in [6, 6.07) is 0. The summed E-state index contributed by atoms with van der Waals surface area (Å²) in [6.45, 7) is 18.2. The van der Waals surface area contributed by atoms with Crippen molar-refractivity contribution < 1.29 is 4.79 Å². The minimum Gasteiger partial charge on any atom is -0.374 e. The Morgan fingerprint density at radius 2 is 1.17 bits per heavy atom. The van der Waals surface area contributed by atoms with Gasteiger partial charge in [0.25, 0.3) is 0 Å². The fourth-order valence-electron chi connectivity index (χ4n) is 4.92. The highest BCUT2D eigenvalue weighted by atomic mass is 16.1. The number of hydrogen-bond acceptors (Lipinski definition) is 3. The Kier molecular flexibility index (Phi) is 10.5. The lowest BCUT2D eigenvalue weighted by atomic mass is 9.87. The molecule has 0 N–H and O–H groups in total. The summed E-state index contributed by atoms with van der Waals surface area (Å²) in [6.07, 6.45) is 10.9. The van der Waals surface area contributed by atoms with Gasteiger partial charge in [0.15, 0.2) is 5.78 Å². The molecular formula is C27H48N2O. The second kappa shape index (κ2) is 12.6. The van der Waals surface area contributed by atoms with E-state index in [-0.39, 0.29) is 0 Å². The normalized spacial score (nSPS) is 18.3. The van der Waals surface area contributed by atoms with Crippen LogP contribution in [0, 0.1) is 11.8 Å². The molecule has 3 heteroatoms. The minimum atomic E-state index is 0.394. The van der Waals surface area contributed by atoms with Crippen molar-refractivity contribution in [3.05, 3.63) is 22.5 Å². The molecule has 2 rings (SSSR count). The molecule has 0 atom stereocenters. The first-order chi connectivity index (χ1) is 14.4. The first-order valence-corrected chi connectivity index (χ1v) is 12.9. The Morgan fingerprint density at radius 1 is 0.767 bits per heavy atom. The molecule has 3 nitrogen and oxygen atoms in total. The third kappa shape index (κ3) is 6.89. The Labute approximate surface area is 187 Å². The summed E-state index contributed by atoms with van der Waals surface area (Å²) in [7, 11) is 0. The van der Waals surface area contributed by atoms with Crippen LogP contribution < -0.4 is 0 Å². The predicted molar refractivity (Wildman–Crippen MR) is 129 cm³/mol. The molecule has 0 aromatic heterocycles. The van der Waals surface area contributed by atoms with Crippen LogP contribution in [0.2, 0.25) is 0 Å². The van der Waals surface area contributed by atoms with Crippen LogP contribution in [0.3, 0.4) is 0 Å². The van der Waals surface area contributed by atoms with Gasteiger partial charge in [-0.15, -0.1) is 0 Å². The molecule has 0 spiro atoms. The van der Waals surface area contributed by atoms with Gasteiger partial charge in [0.1, 0.15) is 0 Å². The van der Waals surface area contributed by atoms with Gasteiger partial charge in [-0.2, -0.15) is 0 Å². The zero-order chi connectivity index (χ0) is 22.1. The Bertz CT molecular complexity index is 562. The number of rotatable bonds is 12. The van der Waals surface area contributed by atoms with Crippen molar-refractivity contribution in [2.45, 2.75) is 106 Å². The maximum Gasteiger partial charge on any atom is 0.188 e. The van der Waals surface area contributed by atoms with Crippen LogP contribution in [-0.4, -0.2) is 41.8 Å². The van der Waals surface area contributed by atoms with E-state index >= 15 is 0 Å². The van der Waals surface area contributed by atoms with Crippen LogP contribution in [0.4, 0.5) is 0 Å². The first-order valence-electron chi connectivity index (χ1n) is 12.9. The number of allylic oxidation sites excluding steroid dienone is 4. The summed E-state index contributed by atoms with van der Waals surface area (Å²) < 4.78 is 0. The Balaban J connectivity index is 2.35. The standard InChI is InChI=1S/C27H48N2O/c1-7-11-25-23(13-9-17-28(25)19-15-21(3)4)27(30)24-14-10-18-29(20-16-22(5)6)26(24)12-8-2/h21-22H,7-20H2,1-6H3. The average molecular weight is 417 g/mol. The molecule has 0 aromatic carbocycles. The maximum absolute atomic E-state index is 13.9. The molecule has 0 aliphatic carbocycles. The van der Waals surface area contributed by atoms with Gasteiger partial charge >= 0.3 is 0 Å². The van der Waals surface area contributed by atoms with Crippen molar-refractivity contribution >= 4 is 5.78 Å². The van der Waals surface area contributed by atoms with Crippen molar-refractivity contribution in [2.24, 2.45) is 11.8 Å². The number of ketones is 1. The fourth-order valence-corrected chi connectivity index (χ4v) is 4.92. The maximum atomic E-state index is 13.9. The molecule has 0 fully saturated rings. The van der Waals surface area contributed by atoms with Gasteiger partial charge < -0.3 is 9.80 Å². The molecule has 0 saturated carbocycles. The van der Waals surface area contributed by atoms with E-state index < -0.39 is 0 Å². The number of carbonyl (C=O) groups is 1. The van der Waals surface area contributed by atoms with Gasteiger partial charge in [-0.05, 0) is 63.2 Å². The molecule has 0 saturated heterocycles. The highest BCUT2D eigenvalue weighted by Gasteiger charge is 2.30. The van der Waals surface area contributed by atoms with Crippen molar-refractivity contribution in [3.8, 4) is 0 Å². The second-order valence-electron chi connectivity index (χ2n) is 10.2. The number of Topliss-reactive ketones (excluding diaryl/α,β-unsaturated/α-hetero) is 1. The van der Waals surface area contributed by atoms with Gasteiger partial charge in [0.05, 0.1) is 0 Å². The van der Waals surface area contributed by atoms with E-state index in [1.54, 1.807) is 0 Å². The lowest BCUT2D eigenvalue weighted by Crippen LogP contribution is -2.35. The predicted octanol–water partition coefficient (Wildman–Crippen LogP) is 6.95. The molecular weight excluding hydrogens is 368 g/mol. The third-order valence-electron chi connectivity index (χ3n) is 6.64. The monoisotopic (exact) mass is 416 g/mol. The molecule has 2 aliphatic heterocycles.